The fourth-order valence-corrected chi connectivity index (χ4v) is 1.94. The zero-order valence-electron chi connectivity index (χ0n) is 15.0. The minimum atomic E-state index is -1.20. The molecule has 154 valence electrons. The van der Waals surface area contributed by atoms with Crippen molar-refractivity contribution in [2.24, 2.45) is 0 Å². The first-order valence-corrected chi connectivity index (χ1v) is 8.17. The van der Waals surface area contributed by atoms with Gasteiger partial charge in [-0.05, 0) is 0 Å². The van der Waals surface area contributed by atoms with Gasteiger partial charge in [0.05, 0.1) is 25.4 Å². The first-order valence-electron chi connectivity index (χ1n) is 8.17. The topological polar surface area (TPSA) is 239 Å². The van der Waals surface area contributed by atoms with Gasteiger partial charge in [-0.25, -0.2) is 29.9 Å². The molecule has 0 spiro atoms. The molecule has 14 heteroatoms. The molecular formula is C15H20N10O4. The van der Waals surface area contributed by atoms with E-state index in [1.54, 1.807) is 0 Å². The lowest BCUT2D eigenvalue weighted by atomic mass is 10.2. The van der Waals surface area contributed by atoms with Crippen LogP contribution in [0.4, 0.5) is 11.6 Å². The molecule has 4 rings (SSSR count). The molecule has 4 aromatic rings. The Labute approximate surface area is 163 Å². The van der Waals surface area contributed by atoms with E-state index in [-0.39, 0.29) is 6.42 Å². The van der Waals surface area contributed by atoms with Gasteiger partial charge >= 0.3 is 0 Å². The van der Waals surface area contributed by atoms with Crippen molar-refractivity contribution in [3.63, 3.8) is 0 Å². The number of fused-ring (bicyclic) bond motifs is 2. The number of nitrogens with zero attached hydrogens (tertiary/aromatic N) is 6. The Kier molecular flexibility index (Phi) is 7.84. The third-order valence-corrected chi connectivity index (χ3v) is 3.47. The molecule has 0 saturated heterocycles. The Bertz CT molecular complexity index is 964. The molecule has 0 aliphatic heterocycles. The van der Waals surface area contributed by atoms with E-state index in [1.165, 1.54) is 25.3 Å². The summed E-state index contributed by atoms with van der Waals surface area (Å²) in [4.78, 5) is 38.4. The number of aliphatic hydroxyl groups excluding tert-OH is 3. The minimum absolute atomic E-state index is 0.137. The Balaban J connectivity index is 0.000000156. The largest absolute Gasteiger partial charge is 0.394 e. The smallest absolute Gasteiger partial charge is 0.182 e. The van der Waals surface area contributed by atoms with Crippen molar-refractivity contribution >= 4 is 40.2 Å². The number of aromatic nitrogens is 8. The number of hydrogen-bond donors (Lipinski definition) is 7. The summed E-state index contributed by atoms with van der Waals surface area (Å²) in [7, 11) is 0. The molecule has 4 heterocycles. The lowest BCUT2D eigenvalue weighted by molar-refractivity contribution is -0.111. The zero-order valence-corrected chi connectivity index (χ0v) is 15.0. The van der Waals surface area contributed by atoms with Crippen LogP contribution in [-0.2, 0) is 4.79 Å². The molecule has 4 aromatic heterocycles. The lowest BCUT2D eigenvalue weighted by Gasteiger charge is -2.11. The summed E-state index contributed by atoms with van der Waals surface area (Å²) in [6, 6.07) is 0. The summed E-state index contributed by atoms with van der Waals surface area (Å²) >= 11 is 0. The van der Waals surface area contributed by atoms with Gasteiger partial charge in [-0.2, -0.15) is 0 Å². The summed E-state index contributed by atoms with van der Waals surface area (Å²) in [5.41, 5.74) is 13.6. The van der Waals surface area contributed by atoms with Crippen molar-refractivity contribution in [2.75, 3.05) is 18.1 Å². The summed E-state index contributed by atoms with van der Waals surface area (Å²) < 4.78 is 0. The molecule has 2 atom stereocenters. The van der Waals surface area contributed by atoms with E-state index < -0.39 is 18.8 Å². The second-order valence-corrected chi connectivity index (χ2v) is 5.44. The third kappa shape index (κ3) is 5.86. The fourth-order valence-electron chi connectivity index (χ4n) is 1.94. The van der Waals surface area contributed by atoms with Crippen molar-refractivity contribution in [3.8, 4) is 0 Å². The highest BCUT2D eigenvalue weighted by atomic mass is 16.4. The highest BCUT2D eigenvalue weighted by Crippen LogP contribution is 2.09. The normalized spacial score (nSPS) is 12.4. The van der Waals surface area contributed by atoms with Crippen molar-refractivity contribution in [3.05, 3.63) is 25.3 Å². The summed E-state index contributed by atoms with van der Waals surface area (Å²) in [6.07, 6.45) is 3.87. The predicted molar refractivity (Wildman–Crippen MR) is 102 cm³/mol. The number of aldehydes is 1. The highest BCUT2D eigenvalue weighted by molar-refractivity contribution is 5.80. The Morgan fingerprint density at radius 3 is 1.72 bits per heavy atom. The van der Waals surface area contributed by atoms with Crippen LogP contribution in [-0.4, -0.2) is 80.3 Å². The van der Waals surface area contributed by atoms with Crippen molar-refractivity contribution in [1.82, 2.24) is 39.9 Å². The van der Waals surface area contributed by atoms with Gasteiger partial charge in [-0.15, -0.1) is 0 Å². The Morgan fingerprint density at radius 2 is 1.34 bits per heavy atom. The number of aromatic amines is 2. The van der Waals surface area contributed by atoms with Crippen LogP contribution < -0.4 is 11.5 Å². The molecule has 0 aliphatic carbocycles. The zero-order chi connectivity index (χ0) is 21.2. The summed E-state index contributed by atoms with van der Waals surface area (Å²) in [5, 5.41) is 25.5. The monoisotopic (exact) mass is 404 g/mol. The lowest BCUT2D eigenvalue weighted by Crippen LogP contribution is -2.29. The Hall–Kier alpha value is -3.75. The number of H-pyrrole nitrogens is 2. The summed E-state index contributed by atoms with van der Waals surface area (Å²) in [6.45, 7) is -0.519. The van der Waals surface area contributed by atoms with Gasteiger partial charge in [-0.3, -0.25) is 0 Å². The third-order valence-electron chi connectivity index (χ3n) is 3.47. The predicted octanol–water partition coefficient (Wildman–Crippen LogP) is -1.84. The number of anilines is 2. The molecule has 0 saturated carbocycles. The second kappa shape index (κ2) is 10.5. The number of rotatable bonds is 4. The first kappa shape index (κ1) is 21.5. The van der Waals surface area contributed by atoms with E-state index in [9.17, 15) is 4.79 Å². The number of nitrogens with one attached hydrogen (secondary N) is 2. The number of nitrogens with two attached hydrogens (primary N) is 2. The van der Waals surface area contributed by atoms with Gasteiger partial charge in [0.2, 0.25) is 0 Å². The number of nitrogen functional groups attached to an aromatic ring is 2. The number of aliphatic hydroxyl groups is 3. The van der Waals surface area contributed by atoms with Crippen LogP contribution in [0.3, 0.4) is 0 Å². The van der Waals surface area contributed by atoms with Crippen molar-refractivity contribution < 1.29 is 20.1 Å². The van der Waals surface area contributed by atoms with Gasteiger partial charge in [0.1, 0.15) is 36.1 Å². The van der Waals surface area contributed by atoms with Crippen molar-refractivity contribution in [1.29, 1.82) is 0 Å². The summed E-state index contributed by atoms with van der Waals surface area (Å²) in [5.74, 6) is 0.866. The fraction of sp³-hybridized carbons (Fsp3) is 0.267. The minimum Gasteiger partial charge on any atom is -0.394 e. The molecule has 0 fully saturated rings. The molecule has 2 unspecified atom stereocenters. The van der Waals surface area contributed by atoms with Gasteiger partial charge in [0, 0.05) is 6.42 Å². The van der Waals surface area contributed by atoms with Crippen LogP contribution in [0.1, 0.15) is 6.42 Å². The van der Waals surface area contributed by atoms with Gasteiger partial charge in [-0.1, -0.05) is 0 Å². The Morgan fingerprint density at radius 1 is 0.862 bits per heavy atom. The first-order chi connectivity index (χ1) is 14.0. The molecule has 0 amide bonds. The average molecular weight is 404 g/mol. The number of hydrogen-bond acceptors (Lipinski definition) is 12. The van der Waals surface area contributed by atoms with Crippen LogP contribution in [0.15, 0.2) is 25.3 Å². The van der Waals surface area contributed by atoms with Crippen LogP contribution in [0.25, 0.3) is 22.3 Å². The maximum atomic E-state index is 9.68. The molecule has 0 radical (unpaired) electrons. The maximum Gasteiger partial charge on any atom is 0.182 e. The molecule has 0 bridgehead atoms. The standard InChI is InChI=1S/2C5H5N5.C5H10O4/c2*6-4-3-5(9-1-7-3)10-2-8-4;6-2-1-4(8)5(9)3-7/h2*1-2H,(H3,6,7,8,9,10);2,4-5,7-9H,1,3H2. The van der Waals surface area contributed by atoms with E-state index >= 15 is 0 Å². The molecule has 0 aromatic carbocycles. The molecule has 14 nitrogen and oxygen atoms in total. The number of carbonyl (C=O) groups excluding carboxylic acids is 1. The van der Waals surface area contributed by atoms with E-state index in [1.807, 2.05) is 0 Å². The van der Waals surface area contributed by atoms with E-state index in [0.29, 0.717) is 40.2 Å². The van der Waals surface area contributed by atoms with Crippen molar-refractivity contribution in [2.45, 2.75) is 18.6 Å². The quantitative estimate of drug-likeness (QED) is 0.186. The molecular weight excluding hydrogens is 384 g/mol. The van der Waals surface area contributed by atoms with Crippen LogP contribution in [0, 0.1) is 0 Å². The number of carbonyl (C=O) groups is 1. The van der Waals surface area contributed by atoms with Crippen LogP contribution >= 0.6 is 0 Å². The van der Waals surface area contributed by atoms with Crippen LogP contribution in [0.5, 0.6) is 0 Å². The molecule has 9 N–H and O–H groups in total. The van der Waals surface area contributed by atoms with E-state index in [0.717, 1.165) is 0 Å². The second-order valence-electron chi connectivity index (χ2n) is 5.44. The highest BCUT2D eigenvalue weighted by Gasteiger charge is 2.13. The van der Waals surface area contributed by atoms with E-state index in [4.69, 9.17) is 26.8 Å². The average Bonchev–Trinajstić information content (AvgIpc) is 3.39. The number of imidazole rings is 2. The molecule has 29 heavy (non-hydrogen) atoms. The van der Waals surface area contributed by atoms with Gasteiger partial charge in [0.15, 0.2) is 22.9 Å². The molecule has 0 aliphatic rings. The van der Waals surface area contributed by atoms with Gasteiger partial charge < -0.3 is 41.5 Å². The SMILES string of the molecule is Nc1ncnc2nc[nH]c12.Nc1ncnc2nc[nH]c12.O=CCC(O)C(O)CO. The van der Waals surface area contributed by atoms with Crippen LogP contribution in [0.2, 0.25) is 0 Å². The van der Waals surface area contributed by atoms with Gasteiger partial charge in [0.25, 0.3) is 0 Å². The van der Waals surface area contributed by atoms with E-state index in [2.05, 4.69) is 39.9 Å². The maximum absolute atomic E-state index is 9.68.